The Labute approximate surface area is 94.6 Å². The van der Waals surface area contributed by atoms with Crippen molar-refractivity contribution in [1.29, 1.82) is 0 Å². The van der Waals surface area contributed by atoms with Gasteiger partial charge in [-0.25, -0.2) is 4.68 Å². The Kier molecular flexibility index (Phi) is 2.82. The van der Waals surface area contributed by atoms with Crippen LogP contribution >= 0.6 is 11.5 Å². The van der Waals surface area contributed by atoms with Crippen molar-refractivity contribution in [1.82, 2.24) is 19.4 Å². The molecule has 0 aliphatic carbocycles. The van der Waals surface area contributed by atoms with Crippen LogP contribution < -0.4 is 16.0 Å². The molecule has 0 spiro atoms. The topological polar surface area (TPSA) is 95.9 Å². The molecule has 0 bridgehead atoms. The summed E-state index contributed by atoms with van der Waals surface area (Å²) in [6.07, 6.45) is 0. The Morgan fingerprint density at radius 2 is 2.38 bits per heavy atom. The van der Waals surface area contributed by atoms with Crippen LogP contribution in [0.2, 0.25) is 0 Å². The van der Waals surface area contributed by atoms with Gasteiger partial charge in [0, 0.05) is 23.7 Å². The monoisotopic (exact) mass is 239 g/mol. The number of hydrogen-bond acceptors (Lipinski definition) is 7. The van der Waals surface area contributed by atoms with Crippen LogP contribution in [0, 0.1) is 0 Å². The van der Waals surface area contributed by atoms with E-state index < -0.39 is 0 Å². The zero-order valence-electron chi connectivity index (χ0n) is 8.45. The molecular weight excluding hydrogens is 230 g/mol. The summed E-state index contributed by atoms with van der Waals surface area (Å²) in [5, 5.41) is 8.26. The summed E-state index contributed by atoms with van der Waals surface area (Å²) in [5.74, 6) is 0.362. The van der Waals surface area contributed by atoms with Crippen LogP contribution in [0.1, 0.15) is 5.69 Å². The van der Waals surface area contributed by atoms with Gasteiger partial charge in [0.2, 0.25) is 5.88 Å². The third kappa shape index (κ3) is 2.01. The highest BCUT2D eigenvalue weighted by Gasteiger charge is 2.07. The average molecular weight is 239 g/mol. The zero-order valence-corrected chi connectivity index (χ0v) is 9.27. The van der Waals surface area contributed by atoms with Crippen molar-refractivity contribution in [2.45, 2.75) is 6.54 Å². The minimum absolute atomic E-state index is 0.193. The number of aromatic nitrogens is 4. The fourth-order valence-corrected chi connectivity index (χ4v) is 1.56. The molecule has 0 fully saturated rings. The summed E-state index contributed by atoms with van der Waals surface area (Å²) in [6, 6.07) is 2.88. The van der Waals surface area contributed by atoms with Crippen molar-refractivity contribution in [2.75, 3.05) is 12.8 Å². The van der Waals surface area contributed by atoms with Crippen molar-refractivity contribution < 1.29 is 4.74 Å². The molecule has 16 heavy (non-hydrogen) atoms. The molecule has 0 amide bonds. The van der Waals surface area contributed by atoms with Crippen molar-refractivity contribution in [3.8, 4) is 5.88 Å². The van der Waals surface area contributed by atoms with E-state index in [9.17, 15) is 4.79 Å². The van der Waals surface area contributed by atoms with E-state index in [0.29, 0.717) is 16.6 Å². The second-order valence-electron chi connectivity index (χ2n) is 2.96. The maximum absolute atomic E-state index is 11.5. The number of rotatable bonds is 3. The molecule has 2 aromatic rings. The maximum atomic E-state index is 11.5. The van der Waals surface area contributed by atoms with E-state index in [1.807, 2.05) is 0 Å². The summed E-state index contributed by atoms with van der Waals surface area (Å²) in [6.45, 7) is 0.193. The molecule has 2 aromatic heterocycles. The molecule has 0 aliphatic rings. The first kappa shape index (κ1) is 10.6. The molecule has 2 heterocycles. The van der Waals surface area contributed by atoms with Crippen molar-refractivity contribution >= 4 is 16.5 Å². The molecule has 8 heteroatoms. The highest BCUT2D eigenvalue weighted by molar-refractivity contribution is 7.09. The Bertz CT molecular complexity index is 549. The van der Waals surface area contributed by atoms with Crippen LogP contribution in [-0.4, -0.2) is 26.5 Å². The van der Waals surface area contributed by atoms with E-state index in [0.717, 1.165) is 11.5 Å². The molecule has 0 saturated heterocycles. The first-order valence-corrected chi connectivity index (χ1v) is 5.17. The smallest absolute Gasteiger partial charge is 0.267 e. The van der Waals surface area contributed by atoms with Crippen molar-refractivity contribution in [3.63, 3.8) is 0 Å². The third-order valence-corrected chi connectivity index (χ3v) is 2.53. The second kappa shape index (κ2) is 4.27. The van der Waals surface area contributed by atoms with Gasteiger partial charge in [-0.2, -0.15) is 0 Å². The summed E-state index contributed by atoms with van der Waals surface area (Å²) in [5.41, 5.74) is 5.92. The maximum Gasteiger partial charge on any atom is 0.267 e. The summed E-state index contributed by atoms with van der Waals surface area (Å²) in [7, 11) is 1.48. The van der Waals surface area contributed by atoms with Gasteiger partial charge in [-0.3, -0.25) is 4.79 Å². The first-order valence-electron chi connectivity index (χ1n) is 4.39. The molecule has 0 unspecified atom stereocenters. The molecule has 0 radical (unpaired) electrons. The lowest BCUT2D eigenvalue weighted by atomic mass is 10.4. The molecule has 2 N–H and O–H groups in total. The molecule has 0 saturated carbocycles. The lowest BCUT2D eigenvalue weighted by Gasteiger charge is -2.04. The minimum Gasteiger partial charge on any atom is -0.480 e. The van der Waals surface area contributed by atoms with Gasteiger partial charge in [0.15, 0.2) is 0 Å². The van der Waals surface area contributed by atoms with Crippen LogP contribution in [0.3, 0.4) is 0 Å². The van der Waals surface area contributed by atoms with Crippen LogP contribution in [0.15, 0.2) is 16.9 Å². The van der Waals surface area contributed by atoms with Crippen LogP contribution in [-0.2, 0) is 6.54 Å². The number of nitrogens with zero attached hydrogens (tertiary/aromatic N) is 4. The van der Waals surface area contributed by atoms with Gasteiger partial charge in [-0.1, -0.05) is 4.49 Å². The van der Waals surface area contributed by atoms with E-state index in [1.54, 1.807) is 0 Å². The molecular formula is C8H9N5O2S. The van der Waals surface area contributed by atoms with E-state index in [1.165, 1.54) is 23.9 Å². The normalized spacial score (nSPS) is 10.3. The van der Waals surface area contributed by atoms with Crippen LogP contribution in [0.25, 0.3) is 0 Å². The quantitative estimate of drug-likeness (QED) is 0.792. The Hall–Kier alpha value is -1.96. The van der Waals surface area contributed by atoms with Gasteiger partial charge >= 0.3 is 0 Å². The summed E-state index contributed by atoms with van der Waals surface area (Å²) < 4.78 is 9.83. The zero-order chi connectivity index (χ0) is 11.5. The van der Waals surface area contributed by atoms with Gasteiger partial charge in [-0.05, 0) is 0 Å². The Morgan fingerprint density at radius 3 is 3.00 bits per heavy atom. The molecule has 0 aromatic carbocycles. The number of anilines is 1. The van der Waals surface area contributed by atoms with E-state index in [2.05, 4.69) is 14.7 Å². The van der Waals surface area contributed by atoms with Gasteiger partial charge < -0.3 is 10.5 Å². The molecule has 7 nitrogen and oxygen atoms in total. The van der Waals surface area contributed by atoms with Crippen molar-refractivity contribution in [2.24, 2.45) is 0 Å². The van der Waals surface area contributed by atoms with Crippen LogP contribution in [0.5, 0.6) is 5.88 Å². The van der Waals surface area contributed by atoms with Gasteiger partial charge in [0.05, 0.1) is 13.7 Å². The lowest BCUT2D eigenvalue weighted by molar-refractivity contribution is 0.378. The largest absolute Gasteiger partial charge is 0.480 e. The fourth-order valence-electron chi connectivity index (χ4n) is 1.12. The average Bonchev–Trinajstić information content (AvgIpc) is 2.68. The molecule has 2 rings (SSSR count). The first-order chi connectivity index (χ1) is 7.70. The highest BCUT2D eigenvalue weighted by atomic mass is 32.1. The standard InChI is InChI=1S/C8H9N5O2S/c1-15-6-2-3-7(14)13(11-6)4-5-8(9)16-12-10-5/h2-3H,4,9H2,1H3. The summed E-state index contributed by atoms with van der Waals surface area (Å²) >= 11 is 1.08. The molecule has 0 atom stereocenters. The predicted octanol–water partition coefficient (Wildman–Crippen LogP) is -0.266. The highest BCUT2D eigenvalue weighted by Crippen LogP contribution is 2.12. The molecule has 0 aliphatic heterocycles. The Morgan fingerprint density at radius 1 is 1.56 bits per heavy atom. The third-order valence-electron chi connectivity index (χ3n) is 1.94. The Balaban J connectivity index is 2.34. The minimum atomic E-state index is -0.242. The van der Waals surface area contributed by atoms with Gasteiger partial charge in [0.1, 0.15) is 10.7 Å². The van der Waals surface area contributed by atoms with Crippen molar-refractivity contribution in [3.05, 3.63) is 28.2 Å². The number of hydrogen-bond donors (Lipinski definition) is 1. The SMILES string of the molecule is COc1ccc(=O)n(Cc2nnsc2N)n1. The fraction of sp³-hybridized carbons (Fsp3) is 0.250. The van der Waals surface area contributed by atoms with E-state index >= 15 is 0 Å². The van der Waals surface area contributed by atoms with E-state index in [-0.39, 0.29) is 12.1 Å². The molecule has 84 valence electrons. The number of nitrogen functional groups attached to an aromatic ring is 1. The van der Waals surface area contributed by atoms with Crippen LogP contribution in [0.4, 0.5) is 5.00 Å². The lowest BCUT2D eigenvalue weighted by Crippen LogP contribution is -2.23. The van der Waals surface area contributed by atoms with Gasteiger partial charge in [0.25, 0.3) is 5.56 Å². The number of nitrogens with two attached hydrogens (primary N) is 1. The predicted molar refractivity (Wildman–Crippen MR) is 58.5 cm³/mol. The number of methoxy groups -OCH3 is 1. The second-order valence-corrected chi connectivity index (χ2v) is 3.74. The number of ether oxygens (including phenoxy) is 1. The summed E-state index contributed by atoms with van der Waals surface area (Å²) in [4.78, 5) is 11.5. The van der Waals surface area contributed by atoms with Gasteiger partial charge in [-0.15, -0.1) is 10.2 Å². The van der Waals surface area contributed by atoms with E-state index in [4.69, 9.17) is 10.5 Å².